The lowest BCUT2D eigenvalue weighted by Gasteiger charge is -2.43. The summed E-state index contributed by atoms with van der Waals surface area (Å²) in [6.45, 7) is 3.15. The Kier molecular flexibility index (Phi) is 5.67. The van der Waals surface area contributed by atoms with Crippen LogP contribution in [0.5, 0.6) is 5.75 Å². The van der Waals surface area contributed by atoms with Crippen LogP contribution in [0.2, 0.25) is 0 Å². The molecule has 5 rings (SSSR count). The summed E-state index contributed by atoms with van der Waals surface area (Å²) in [5.41, 5.74) is 2.76. The molecule has 0 amide bonds. The van der Waals surface area contributed by atoms with Crippen LogP contribution in [0.15, 0.2) is 41.3 Å². The summed E-state index contributed by atoms with van der Waals surface area (Å²) in [5.74, 6) is -1.43. The van der Waals surface area contributed by atoms with Crippen molar-refractivity contribution in [3.05, 3.63) is 63.4 Å². The van der Waals surface area contributed by atoms with Gasteiger partial charge in [0.1, 0.15) is 12.1 Å². The summed E-state index contributed by atoms with van der Waals surface area (Å²) in [7, 11) is 2.23. The molecule has 6 nitrogen and oxygen atoms in total. The Morgan fingerprint density at radius 2 is 1.97 bits per heavy atom. The normalized spacial score (nSPS) is 21.8. The van der Waals surface area contributed by atoms with Crippen molar-refractivity contribution in [1.29, 1.82) is 0 Å². The Hall–Kier alpha value is -3.26. The van der Waals surface area contributed by atoms with Crippen LogP contribution < -0.4 is 10.2 Å². The van der Waals surface area contributed by atoms with E-state index in [0.717, 1.165) is 42.4 Å². The van der Waals surface area contributed by atoms with E-state index >= 15 is 0 Å². The van der Waals surface area contributed by atoms with E-state index in [1.807, 2.05) is 12.1 Å². The van der Waals surface area contributed by atoms with Crippen molar-refractivity contribution in [3.8, 4) is 16.9 Å². The molecular weight excluding hydrogens is 454 g/mol. The van der Waals surface area contributed by atoms with Crippen LogP contribution in [0.4, 0.5) is 8.78 Å². The zero-order valence-electron chi connectivity index (χ0n) is 20.1. The van der Waals surface area contributed by atoms with Gasteiger partial charge in [-0.3, -0.25) is 4.79 Å². The molecule has 3 aromatic rings. The fourth-order valence-electron chi connectivity index (χ4n) is 5.29. The third-order valence-electron chi connectivity index (χ3n) is 7.88. The first-order chi connectivity index (χ1) is 16.6. The fraction of sp³-hybridized carbons (Fsp3) is 0.407. The maximum Gasteiger partial charge on any atom is 0.387 e. The SMILES string of the molecule is CC[N+]1(C)Cc2cc(-c3ccc4c(=O)c(C(=O)O)cn(C5CC5)c4c3OC(F)F)ccc2CC1C. The number of nitrogens with zero attached hydrogens (tertiary/aromatic N) is 2. The third kappa shape index (κ3) is 3.99. The summed E-state index contributed by atoms with van der Waals surface area (Å²) < 4.78 is 34.9. The maximum absolute atomic E-state index is 13.7. The number of alkyl halides is 2. The Labute approximate surface area is 201 Å². The zero-order chi connectivity index (χ0) is 25.1. The minimum absolute atomic E-state index is 0.0564. The molecule has 2 aliphatic rings. The molecule has 2 unspecified atom stereocenters. The number of fused-ring (bicyclic) bond motifs is 2. The standard InChI is InChI=1S/C27H28F2N2O4/c1-4-31(3)14-18-12-17(6-5-16(18)11-15(31)2)20-9-10-21-23(25(20)35-27(28)29)30(19-7-8-19)13-22(24(21)32)26(33)34/h5-6,9-10,12-13,15,19,27H,4,7-8,11,14H2,1-3H3/p+1. The van der Waals surface area contributed by atoms with Crippen molar-refractivity contribution in [2.24, 2.45) is 0 Å². The first-order valence-corrected chi connectivity index (χ1v) is 12.0. The number of pyridine rings is 1. The Morgan fingerprint density at radius 3 is 2.60 bits per heavy atom. The van der Waals surface area contributed by atoms with E-state index in [-0.39, 0.29) is 28.3 Å². The van der Waals surface area contributed by atoms with Gasteiger partial charge < -0.3 is 18.9 Å². The van der Waals surface area contributed by atoms with E-state index < -0.39 is 18.0 Å². The van der Waals surface area contributed by atoms with E-state index in [1.165, 1.54) is 23.4 Å². The van der Waals surface area contributed by atoms with Crippen LogP contribution >= 0.6 is 0 Å². The number of hydrogen-bond donors (Lipinski definition) is 1. The van der Waals surface area contributed by atoms with E-state index in [4.69, 9.17) is 4.74 Å². The van der Waals surface area contributed by atoms with Gasteiger partial charge in [-0.2, -0.15) is 8.78 Å². The van der Waals surface area contributed by atoms with Gasteiger partial charge in [-0.25, -0.2) is 4.79 Å². The highest BCUT2D eigenvalue weighted by Crippen LogP contribution is 2.44. The molecule has 0 radical (unpaired) electrons. The molecule has 8 heteroatoms. The van der Waals surface area contributed by atoms with Gasteiger partial charge in [-0.05, 0) is 56.0 Å². The minimum Gasteiger partial charge on any atom is -0.477 e. The molecule has 0 bridgehead atoms. The van der Waals surface area contributed by atoms with Crippen LogP contribution in [-0.2, 0) is 13.0 Å². The number of halogens is 2. The van der Waals surface area contributed by atoms with Gasteiger partial charge in [0.15, 0.2) is 5.75 Å². The number of aromatic nitrogens is 1. The number of likely N-dealkylation sites (N-methyl/N-ethyl adjacent to an activating group) is 1. The molecule has 184 valence electrons. The lowest BCUT2D eigenvalue weighted by Crippen LogP contribution is -2.53. The van der Waals surface area contributed by atoms with Gasteiger partial charge in [-0.1, -0.05) is 12.1 Å². The van der Waals surface area contributed by atoms with Gasteiger partial charge in [-0.15, -0.1) is 0 Å². The van der Waals surface area contributed by atoms with Crippen molar-refractivity contribution in [1.82, 2.24) is 4.57 Å². The van der Waals surface area contributed by atoms with Gasteiger partial charge in [0.05, 0.1) is 30.5 Å². The number of carboxylic acids is 1. The molecule has 35 heavy (non-hydrogen) atoms. The number of quaternary nitrogens is 1. The van der Waals surface area contributed by atoms with Crippen molar-refractivity contribution >= 4 is 16.9 Å². The Balaban J connectivity index is 1.74. The highest BCUT2D eigenvalue weighted by atomic mass is 19.3. The molecule has 0 spiro atoms. The number of rotatable bonds is 6. The summed E-state index contributed by atoms with van der Waals surface area (Å²) >= 11 is 0. The Bertz CT molecular complexity index is 1400. The predicted molar refractivity (Wildman–Crippen MR) is 129 cm³/mol. The summed E-state index contributed by atoms with van der Waals surface area (Å²) in [4.78, 5) is 24.6. The highest BCUT2D eigenvalue weighted by molar-refractivity contribution is 5.97. The number of benzene rings is 2. The number of carboxylic acid groups (broad SMARTS) is 1. The van der Waals surface area contributed by atoms with E-state index in [0.29, 0.717) is 11.6 Å². The number of ether oxygens (including phenoxy) is 1. The monoisotopic (exact) mass is 483 g/mol. The van der Waals surface area contributed by atoms with Gasteiger partial charge in [0.2, 0.25) is 5.43 Å². The molecule has 2 heterocycles. The second kappa shape index (κ2) is 8.45. The fourth-order valence-corrected chi connectivity index (χ4v) is 5.29. The summed E-state index contributed by atoms with van der Waals surface area (Å²) in [6, 6.07) is 9.55. The number of aromatic carboxylic acids is 1. The van der Waals surface area contributed by atoms with Crippen LogP contribution in [0.3, 0.4) is 0 Å². The predicted octanol–water partition coefficient (Wildman–Crippen LogP) is 5.21. The minimum atomic E-state index is -3.10. The van der Waals surface area contributed by atoms with Crippen LogP contribution in [0.1, 0.15) is 54.2 Å². The molecular formula is C27H29F2N2O4+. The lowest BCUT2D eigenvalue weighted by atomic mass is 9.89. The second-order valence-corrected chi connectivity index (χ2v) is 10.0. The molecule has 1 aromatic heterocycles. The number of hydrogen-bond acceptors (Lipinski definition) is 3. The van der Waals surface area contributed by atoms with E-state index in [2.05, 4.69) is 27.0 Å². The van der Waals surface area contributed by atoms with Gasteiger partial charge >= 0.3 is 12.6 Å². The maximum atomic E-state index is 13.7. The van der Waals surface area contributed by atoms with E-state index in [1.54, 1.807) is 10.6 Å². The molecule has 1 aliphatic carbocycles. The smallest absolute Gasteiger partial charge is 0.387 e. The topological polar surface area (TPSA) is 68.5 Å². The van der Waals surface area contributed by atoms with Crippen molar-refractivity contribution in [2.75, 3.05) is 13.6 Å². The molecule has 1 aliphatic heterocycles. The van der Waals surface area contributed by atoms with Gasteiger partial charge in [0, 0.05) is 29.8 Å². The quantitative estimate of drug-likeness (QED) is 0.489. The van der Waals surface area contributed by atoms with Crippen LogP contribution in [0, 0.1) is 0 Å². The number of carbonyl (C=O) groups is 1. The molecule has 2 atom stereocenters. The first-order valence-electron chi connectivity index (χ1n) is 12.0. The van der Waals surface area contributed by atoms with Crippen molar-refractivity contribution < 1.29 is 27.9 Å². The van der Waals surface area contributed by atoms with E-state index in [9.17, 15) is 23.5 Å². The van der Waals surface area contributed by atoms with Crippen LogP contribution in [-0.4, -0.2) is 46.4 Å². The van der Waals surface area contributed by atoms with Crippen molar-refractivity contribution in [3.63, 3.8) is 0 Å². The highest BCUT2D eigenvalue weighted by Gasteiger charge is 2.34. The van der Waals surface area contributed by atoms with Crippen molar-refractivity contribution in [2.45, 2.75) is 58.3 Å². The summed E-state index contributed by atoms with van der Waals surface area (Å²) in [5, 5.41) is 9.59. The molecule has 1 saturated carbocycles. The Morgan fingerprint density at radius 1 is 1.23 bits per heavy atom. The molecule has 2 aromatic carbocycles. The lowest BCUT2D eigenvalue weighted by molar-refractivity contribution is -0.944. The largest absolute Gasteiger partial charge is 0.477 e. The first kappa shape index (κ1) is 23.5. The second-order valence-electron chi connectivity index (χ2n) is 10.0. The summed E-state index contributed by atoms with van der Waals surface area (Å²) in [6.07, 6.45) is 3.77. The average molecular weight is 484 g/mol. The molecule has 0 saturated heterocycles. The van der Waals surface area contributed by atoms with Crippen LogP contribution in [0.25, 0.3) is 22.0 Å². The third-order valence-corrected chi connectivity index (χ3v) is 7.88. The average Bonchev–Trinajstić information content (AvgIpc) is 3.65. The van der Waals surface area contributed by atoms with Gasteiger partial charge in [0.25, 0.3) is 0 Å². The molecule has 1 N–H and O–H groups in total. The molecule has 1 fully saturated rings. The zero-order valence-corrected chi connectivity index (χ0v) is 20.1.